The first-order valence-corrected chi connectivity index (χ1v) is 13.6. The molecule has 2 aliphatic carbocycles. The largest absolute Gasteiger partial charge is 0.271 e. The highest BCUT2D eigenvalue weighted by atomic mass is 16.2. The Morgan fingerprint density at radius 3 is 1.14 bits per heavy atom. The van der Waals surface area contributed by atoms with Crippen LogP contribution in [-0.2, 0) is 0 Å². The Balaban J connectivity index is 1.47. The molecule has 0 aromatic heterocycles. The molecule has 2 aromatic carbocycles. The van der Waals surface area contributed by atoms with Gasteiger partial charge in [-0.2, -0.15) is 0 Å². The van der Waals surface area contributed by atoms with Crippen LogP contribution in [0.3, 0.4) is 0 Å². The molecule has 0 N–H and O–H groups in total. The van der Waals surface area contributed by atoms with Crippen molar-refractivity contribution in [2.45, 2.75) is 78.3 Å². The van der Waals surface area contributed by atoms with E-state index in [-0.39, 0.29) is 47.5 Å². The molecule has 4 aliphatic rings. The van der Waals surface area contributed by atoms with Crippen LogP contribution in [0.1, 0.15) is 108 Å². The van der Waals surface area contributed by atoms with Crippen LogP contribution >= 0.6 is 0 Å². The summed E-state index contributed by atoms with van der Waals surface area (Å²) in [5, 5.41) is 0.943. The summed E-state index contributed by atoms with van der Waals surface area (Å²) >= 11 is 0. The van der Waals surface area contributed by atoms with Gasteiger partial charge in [0.25, 0.3) is 23.6 Å². The Bertz CT molecular complexity index is 1160. The highest BCUT2D eigenvalue weighted by molar-refractivity contribution is 6.33. The van der Waals surface area contributed by atoms with Gasteiger partial charge in [0.15, 0.2) is 0 Å². The fraction of sp³-hybridized carbons (Fsp3) is 0.533. The number of nitrogens with zero attached hydrogens (tertiary/aromatic N) is 2. The number of benzene rings is 2. The Hall–Kier alpha value is -3.02. The average molecular weight is 487 g/mol. The molecule has 2 aliphatic heterocycles. The van der Waals surface area contributed by atoms with Gasteiger partial charge in [-0.25, -0.2) is 0 Å². The summed E-state index contributed by atoms with van der Waals surface area (Å²) in [7, 11) is 0. The quantitative estimate of drug-likeness (QED) is 0.512. The minimum absolute atomic E-state index is 0.141. The van der Waals surface area contributed by atoms with Crippen LogP contribution in [0.25, 0.3) is 10.8 Å². The van der Waals surface area contributed by atoms with Crippen LogP contribution in [0, 0.1) is 23.7 Å². The summed E-state index contributed by atoms with van der Waals surface area (Å²) in [6.07, 6.45) is 5.80. The van der Waals surface area contributed by atoms with Gasteiger partial charge in [-0.1, -0.05) is 53.4 Å². The molecule has 0 spiro atoms. The van der Waals surface area contributed by atoms with E-state index in [0.717, 1.165) is 38.5 Å². The first-order valence-electron chi connectivity index (χ1n) is 13.6. The summed E-state index contributed by atoms with van der Waals surface area (Å²) in [6.45, 7) is 8.63. The first-order chi connectivity index (χ1) is 17.2. The molecule has 6 atom stereocenters. The van der Waals surface area contributed by atoms with E-state index in [1.54, 1.807) is 24.3 Å². The number of rotatable bonds is 2. The smallest absolute Gasteiger partial charge is 0.261 e. The molecular weight excluding hydrogens is 452 g/mol. The SMILES string of the molecule is CC1CCCC(N2C(=O)c3ccc4c5c(ccc(c35)C2=O)C(=O)N(C2CCCC(C)C2C)C4=O)C1C. The van der Waals surface area contributed by atoms with Crippen molar-refractivity contribution in [3.05, 3.63) is 46.5 Å². The van der Waals surface area contributed by atoms with E-state index in [1.165, 1.54) is 9.80 Å². The number of carbonyl (C=O) groups is 4. The van der Waals surface area contributed by atoms with Gasteiger partial charge in [0.1, 0.15) is 0 Å². The molecule has 6 heteroatoms. The van der Waals surface area contributed by atoms with Gasteiger partial charge in [0.2, 0.25) is 0 Å². The third-order valence-electron chi connectivity index (χ3n) is 9.95. The lowest BCUT2D eigenvalue weighted by Gasteiger charge is -2.43. The Morgan fingerprint density at radius 2 is 0.833 bits per heavy atom. The molecule has 0 saturated heterocycles. The molecule has 6 unspecified atom stereocenters. The van der Waals surface area contributed by atoms with Crippen molar-refractivity contribution in [1.29, 1.82) is 0 Å². The zero-order chi connectivity index (χ0) is 25.5. The van der Waals surface area contributed by atoms with Gasteiger partial charge in [-0.05, 0) is 60.8 Å². The number of hydrogen-bond donors (Lipinski definition) is 0. The van der Waals surface area contributed by atoms with Gasteiger partial charge in [-0.3, -0.25) is 29.0 Å². The summed E-state index contributed by atoms with van der Waals surface area (Å²) in [5.74, 6) is 0.0895. The second kappa shape index (κ2) is 8.25. The lowest BCUT2D eigenvalue weighted by atomic mass is 9.75. The van der Waals surface area contributed by atoms with E-state index < -0.39 is 0 Å². The molecule has 4 amide bonds. The Morgan fingerprint density at radius 1 is 0.528 bits per heavy atom. The number of imide groups is 2. The summed E-state index contributed by atoms with van der Waals surface area (Å²) in [4.78, 5) is 58.0. The predicted octanol–water partition coefficient (Wildman–Crippen LogP) is 5.68. The van der Waals surface area contributed by atoms with Crippen molar-refractivity contribution in [3.8, 4) is 0 Å². The second-order valence-corrected chi connectivity index (χ2v) is 11.7. The highest BCUT2D eigenvalue weighted by Gasteiger charge is 2.46. The second-order valence-electron chi connectivity index (χ2n) is 11.7. The number of carbonyl (C=O) groups excluding carboxylic acids is 4. The normalized spacial score (nSPS) is 32.4. The molecular formula is C30H34N2O4. The van der Waals surface area contributed by atoms with E-state index in [9.17, 15) is 19.2 Å². The molecule has 188 valence electrons. The van der Waals surface area contributed by atoms with E-state index in [2.05, 4.69) is 27.7 Å². The van der Waals surface area contributed by atoms with Gasteiger partial charge in [-0.15, -0.1) is 0 Å². The molecule has 36 heavy (non-hydrogen) atoms. The fourth-order valence-corrected chi connectivity index (χ4v) is 7.35. The summed E-state index contributed by atoms with van der Waals surface area (Å²) in [5.41, 5.74) is 1.68. The molecule has 6 rings (SSSR count). The van der Waals surface area contributed by atoms with Gasteiger partial charge in [0, 0.05) is 45.1 Å². The van der Waals surface area contributed by atoms with E-state index in [0.29, 0.717) is 44.9 Å². The monoisotopic (exact) mass is 486 g/mol. The van der Waals surface area contributed by atoms with Crippen molar-refractivity contribution in [2.75, 3.05) is 0 Å². The standard InChI is InChI=1S/C30H34N2O4/c1-15-7-5-9-23(17(15)3)31-27(33)19-11-13-21-26-22(14-12-20(25(19)26)28(31)34)30(36)32(29(21)35)24-10-6-8-16(2)18(24)4/h11-18,23-24H,5-10H2,1-4H3. The topological polar surface area (TPSA) is 74.8 Å². The first kappa shape index (κ1) is 23.4. The zero-order valence-corrected chi connectivity index (χ0v) is 21.5. The molecule has 2 aromatic rings. The van der Waals surface area contributed by atoms with Crippen LogP contribution in [0.2, 0.25) is 0 Å². The summed E-state index contributed by atoms with van der Waals surface area (Å²) < 4.78 is 0. The average Bonchev–Trinajstić information content (AvgIpc) is 2.86. The Labute approximate surface area is 212 Å². The Kier molecular flexibility index (Phi) is 5.36. The third-order valence-corrected chi connectivity index (χ3v) is 9.95. The maximum absolute atomic E-state index is 13.8. The molecule has 0 bridgehead atoms. The minimum Gasteiger partial charge on any atom is -0.271 e. The van der Waals surface area contributed by atoms with Crippen molar-refractivity contribution in [2.24, 2.45) is 23.7 Å². The molecule has 2 heterocycles. The van der Waals surface area contributed by atoms with Crippen molar-refractivity contribution >= 4 is 34.4 Å². The van der Waals surface area contributed by atoms with Crippen LogP contribution in [-0.4, -0.2) is 45.5 Å². The molecule has 2 fully saturated rings. The molecule has 2 saturated carbocycles. The predicted molar refractivity (Wildman–Crippen MR) is 137 cm³/mol. The number of hydrogen-bond acceptors (Lipinski definition) is 4. The van der Waals surface area contributed by atoms with E-state index in [1.807, 2.05) is 0 Å². The van der Waals surface area contributed by atoms with Crippen LogP contribution < -0.4 is 0 Å². The number of amides is 4. The van der Waals surface area contributed by atoms with Gasteiger partial charge < -0.3 is 0 Å². The zero-order valence-electron chi connectivity index (χ0n) is 21.5. The fourth-order valence-electron chi connectivity index (χ4n) is 7.35. The van der Waals surface area contributed by atoms with Gasteiger partial charge in [0.05, 0.1) is 0 Å². The van der Waals surface area contributed by atoms with E-state index >= 15 is 0 Å². The molecule has 0 radical (unpaired) electrons. The van der Waals surface area contributed by atoms with Crippen molar-refractivity contribution < 1.29 is 19.2 Å². The molecule has 6 nitrogen and oxygen atoms in total. The maximum atomic E-state index is 13.8. The van der Waals surface area contributed by atoms with Crippen molar-refractivity contribution in [1.82, 2.24) is 9.80 Å². The van der Waals surface area contributed by atoms with Crippen LogP contribution in [0.15, 0.2) is 24.3 Å². The van der Waals surface area contributed by atoms with Crippen LogP contribution in [0.5, 0.6) is 0 Å². The van der Waals surface area contributed by atoms with Crippen molar-refractivity contribution in [3.63, 3.8) is 0 Å². The minimum atomic E-state index is -0.306. The lowest BCUT2D eigenvalue weighted by molar-refractivity contribution is 0.0365. The maximum Gasteiger partial charge on any atom is 0.261 e. The van der Waals surface area contributed by atoms with Gasteiger partial charge >= 0.3 is 0 Å². The highest BCUT2D eigenvalue weighted by Crippen LogP contribution is 2.43. The summed E-state index contributed by atoms with van der Waals surface area (Å²) in [6, 6.07) is 6.51. The van der Waals surface area contributed by atoms with Crippen LogP contribution in [0.4, 0.5) is 0 Å². The lowest BCUT2D eigenvalue weighted by Crippen LogP contribution is -2.53. The third kappa shape index (κ3) is 3.09. The van der Waals surface area contributed by atoms with E-state index in [4.69, 9.17) is 0 Å².